The van der Waals surface area contributed by atoms with Crippen molar-refractivity contribution in [3.8, 4) is 11.3 Å². The molecule has 6 rings (SSSR count). The molecule has 35 heavy (non-hydrogen) atoms. The number of anilines is 1. The number of furan rings is 1. The highest BCUT2D eigenvalue weighted by atomic mass is 16.4. The summed E-state index contributed by atoms with van der Waals surface area (Å²) < 4.78 is 8.48. The Kier molecular flexibility index (Phi) is 4.99. The van der Waals surface area contributed by atoms with Gasteiger partial charge in [0.2, 0.25) is 5.91 Å². The number of carboxylic acid groups (broad SMARTS) is 1. The molecule has 3 heterocycles. The van der Waals surface area contributed by atoms with Gasteiger partial charge in [-0.1, -0.05) is 48.5 Å². The van der Waals surface area contributed by atoms with Crippen LogP contribution in [0.1, 0.15) is 39.6 Å². The average Bonchev–Trinajstić information content (AvgIpc) is 3.46. The second-order valence-corrected chi connectivity index (χ2v) is 8.79. The number of benzene rings is 3. The van der Waals surface area contributed by atoms with E-state index in [2.05, 4.69) is 34.3 Å². The zero-order chi connectivity index (χ0) is 23.9. The lowest BCUT2D eigenvalue weighted by molar-refractivity contribution is -0.116. The van der Waals surface area contributed by atoms with Gasteiger partial charge in [0.25, 0.3) is 0 Å². The Hall–Kier alpha value is -4.58. The highest BCUT2D eigenvalue weighted by molar-refractivity contribution is 6.06. The van der Waals surface area contributed by atoms with Gasteiger partial charge in [-0.3, -0.25) is 4.79 Å². The van der Waals surface area contributed by atoms with Gasteiger partial charge in [-0.15, -0.1) is 0 Å². The number of nitrogens with one attached hydrogen (secondary N) is 1. The van der Waals surface area contributed by atoms with Crippen LogP contribution in [0, 0.1) is 0 Å². The van der Waals surface area contributed by atoms with Crippen molar-refractivity contribution in [2.24, 2.45) is 0 Å². The molecule has 0 bridgehead atoms. The van der Waals surface area contributed by atoms with Crippen LogP contribution in [0.4, 0.5) is 5.69 Å². The van der Waals surface area contributed by atoms with Gasteiger partial charge in [-0.2, -0.15) is 0 Å². The van der Waals surface area contributed by atoms with Crippen LogP contribution in [0.15, 0.2) is 95.5 Å². The summed E-state index contributed by atoms with van der Waals surface area (Å²) in [5.41, 5.74) is 5.12. The number of hydrogen-bond acceptors (Lipinski definition) is 3. The number of carbonyl (C=O) groups excluding carboxylic acids is 1. The van der Waals surface area contributed by atoms with Crippen molar-refractivity contribution in [1.29, 1.82) is 0 Å². The fraction of sp³-hybridized carbons (Fsp3) is 0.103. The number of amides is 1. The number of hydrogen-bond donors (Lipinski definition) is 2. The summed E-state index contributed by atoms with van der Waals surface area (Å²) in [6, 6.07) is 26.6. The zero-order valence-corrected chi connectivity index (χ0v) is 18.8. The summed E-state index contributed by atoms with van der Waals surface area (Å²) in [6.45, 7) is 0.723. The Labute approximate surface area is 201 Å². The minimum absolute atomic E-state index is 0.0583. The maximum Gasteiger partial charge on any atom is 0.335 e. The SMILES string of the molecule is O=C1CC(c2ccc(-c3ccc(C(=O)O)cc3)o2)c2cn(Cc3ccccc3)c3cccc(c23)N1. The van der Waals surface area contributed by atoms with E-state index in [0.29, 0.717) is 11.5 Å². The molecule has 0 fully saturated rings. The first-order chi connectivity index (χ1) is 17.1. The van der Waals surface area contributed by atoms with E-state index >= 15 is 0 Å². The van der Waals surface area contributed by atoms with Gasteiger partial charge in [0.1, 0.15) is 11.5 Å². The largest absolute Gasteiger partial charge is 0.478 e. The number of carbonyl (C=O) groups is 2. The minimum Gasteiger partial charge on any atom is -0.478 e. The maximum atomic E-state index is 12.8. The van der Waals surface area contributed by atoms with E-state index in [4.69, 9.17) is 9.52 Å². The fourth-order valence-corrected chi connectivity index (χ4v) is 4.89. The van der Waals surface area contributed by atoms with E-state index < -0.39 is 5.97 Å². The molecule has 1 unspecified atom stereocenters. The molecule has 0 radical (unpaired) electrons. The van der Waals surface area contributed by atoms with Gasteiger partial charge in [-0.05, 0) is 47.5 Å². The molecule has 1 atom stereocenters. The summed E-state index contributed by atoms with van der Waals surface area (Å²) in [4.78, 5) is 24.0. The van der Waals surface area contributed by atoms with Crippen LogP contribution in [-0.4, -0.2) is 21.6 Å². The molecule has 1 aliphatic heterocycles. The third kappa shape index (κ3) is 3.79. The molecule has 6 nitrogen and oxygen atoms in total. The quantitative estimate of drug-likeness (QED) is 0.329. The molecule has 3 aromatic carbocycles. The lowest BCUT2D eigenvalue weighted by Gasteiger charge is -2.11. The van der Waals surface area contributed by atoms with Crippen molar-refractivity contribution in [3.05, 3.63) is 114 Å². The Balaban J connectivity index is 1.43. The summed E-state index contributed by atoms with van der Waals surface area (Å²) >= 11 is 0. The standard InChI is InChI=1S/C29H22N2O4/c32-27-15-21(26-14-13-25(35-26)19-9-11-20(12-10-19)29(33)34)22-17-31(16-18-5-2-1-3-6-18)24-8-4-7-23(30-27)28(22)24/h1-14,17,21H,15-16H2,(H,30,32)(H,33,34). The monoisotopic (exact) mass is 462 g/mol. The van der Waals surface area contributed by atoms with E-state index in [9.17, 15) is 9.59 Å². The van der Waals surface area contributed by atoms with Crippen molar-refractivity contribution in [1.82, 2.24) is 4.57 Å². The predicted molar refractivity (Wildman–Crippen MR) is 134 cm³/mol. The molecular formula is C29H22N2O4. The van der Waals surface area contributed by atoms with E-state index in [1.54, 1.807) is 24.3 Å². The molecular weight excluding hydrogens is 440 g/mol. The molecule has 0 saturated heterocycles. The van der Waals surface area contributed by atoms with Gasteiger partial charge in [0.15, 0.2) is 0 Å². The van der Waals surface area contributed by atoms with Gasteiger partial charge >= 0.3 is 5.97 Å². The third-order valence-corrected chi connectivity index (χ3v) is 6.56. The molecule has 0 spiro atoms. The molecule has 5 aromatic rings. The molecule has 0 aliphatic carbocycles. The lowest BCUT2D eigenvalue weighted by Crippen LogP contribution is -2.13. The van der Waals surface area contributed by atoms with Crippen molar-refractivity contribution < 1.29 is 19.1 Å². The third-order valence-electron chi connectivity index (χ3n) is 6.56. The first-order valence-electron chi connectivity index (χ1n) is 11.5. The summed E-state index contributed by atoms with van der Waals surface area (Å²) in [6.07, 6.45) is 2.40. The number of aromatic nitrogens is 1. The van der Waals surface area contributed by atoms with E-state index in [0.717, 1.165) is 34.3 Å². The molecule has 6 heteroatoms. The van der Waals surface area contributed by atoms with Crippen LogP contribution in [0.5, 0.6) is 0 Å². The summed E-state index contributed by atoms with van der Waals surface area (Å²) in [7, 11) is 0. The van der Waals surface area contributed by atoms with Gasteiger partial charge in [-0.25, -0.2) is 4.79 Å². The second kappa shape index (κ2) is 8.33. The first-order valence-corrected chi connectivity index (χ1v) is 11.5. The smallest absolute Gasteiger partial charge is 0.335 e. The van der Waals surface area contributed by atoms with Crippen LogP contribution in [0.25, 0.3) is 22.2 Å². The highest BCUT2D eigenvalue weighted by Gasteiger charge is 2.30. The molecule has 2 aromatic heterocycles. The van der Waals surface area contributed by atoms with Crippen molar-refractivity contribution >= 4 is 28.5 Å². The Bertz CT molecular complexity index is 1560. The second-order valence-electron chi connectivity index (χ2n) is 8.79. The number of carboxylic acids is 1. The maximum absolute atomic E-state index is 12.8. The molecule has 0 saturated carbocycles. The van der Waals surface area contributed by atoms with Crippen LogP contribution in [-0.2, 0) is 11.3 Å². The number of aromatic carboxylic acids is 1. The van der Waals surface area contributed by atoms with Gasteiger partial charge in [0.05, 0.1) is 22.7 Å². The fourth-order valence-electron chi connectivity index (χ4n) is 4.89. The predicted octanol–water partition coefficient (Wildman–Crippen LogP) is 6.12. The molecule has 1 amide bonds. The highest BCUT2D eigenvalue weighted by Crippen LogP contribution is 2.42. The summed E-state index contributed by atoms with van der Waals surface area (Å²) in [5.74, 6) is 0.0638. The van der Waals surface area contributed by atoms with Crippen molar-refractivity contribution in [2.75, 3.05) is 5.32 Å². The topological polar surface area (TPSA) is 84.5 Å². The minimum atomic E-state index is -0.969. The molecule has 1 aliphatic rings. The Morgan fingerprint density at radius 3 is 2.54 bits per heavy atom. The van der Waals surface area contributed by atoms with E-state index in [-0.39, 0.29) is 23.8 Å². The van der Waals surface area contributed by atoms with Gasteiger partial charge < -0.3 is 19.4 Å². The van der Waals surface area contributed by atoms with E-state index in [1.807, 2.05) is 42.5 Å². The first kappa shape index (κ1) is 21.0. The summed E-state index contributed by atoms with van der Waals surface area (Å²) in [5, 5.41) is 13.3. The number of rotatable bonds is 5. The Morgan fingerprint density at radius 1 is 0.971 bits per heavy atom. The molecule has 2 N–H and O–H groups in total. The van der Waals surface area contributed by atoms with Gasteiger partial charge in [0, 0.05) is 30.1 Å². The zero-order valence-electron chi connectivity index (χ0n) is 18.8. The number of nitrogens with zero attached hydrogens (tertiary/aromatic N) is 1. The average molecular weight is 463 g/mol. The van der Waals surface area contributed by atoms with Crippen LogP contribution >= 0.6 is 0 Å². The molecule has 172 valence electrons. The lowest BCUT2D eigenvalue weighted by atomic mass is 9.93. The normalized spacial score (nSPS) is 15.1. The Morgan fingerprint density at radius 2 is 1.77 bits per heavy atom. The van der Waals surface area contributed by atoms with Crippen molar-refractivity contribution in [3.63, 3.8) is 0 Å². The van der Waals surface area contributed by atoms with Crippen LogP contribution in [0.3, 0.4) is 0 Å². The van der Waals surface area contributed by atoms with Crippen LogP contribution < -0.4 is 5.32 Å². The van der Waals surface area contributed by atoms with Crippen molar-refractivity contribution in [2.45, 2.75) is 18.9 Å². The van der Waals surface area contributed by atoms with E-state index in [1.165, 1.54) is 5.56 Å². The van der Waals surface area contributed by atoms with Crippen LogP contribution in [0.2, 0.25) is 0 Å².